The van der Waals surface area contributed by atoms with Crippen molar-refractivity contribution in [2.45, 2.75) is 6.92 Å². The van der Waals surface area contributed by atoms with E-state index in [0.29, 0.717) is 23.5 Å². The van der Waals surface area contributed by atoms with Gasteiger partial charge in [-0.1, -0.05) is 60.7 Å². The highest BCUT2D eigenvalue weighted by atomic mass is 16.5. The molecule has 5 heteroatoms. The third kappa shape index (κ3) is 2.84. The largest absolute Gasteiger partial charge is 0.461 e. The van der Waals surface area contributed by atoms with Crippen LogP contribution < -0.4 is 0 Å². The lowest BCUT2D eigenvalue weighted by Crippen LogP contribution is -2.13. The number of carbonyl (C=O) groups excluding carboxylic acids is 1. The molecule has 26 heavy (non-hydrogen) atoms. The predicted octanol–water partition coefficient (Wildman–Crippen LogP) is 4.24. The third-order valence-corrected chi connectivity index (χ3v) is 4.11. The molecule has 4 rings (SSSR count). The lowest BCUT2D eigenvalue weighted by Gasteiger charge is -2.10. The van der Waals surface area contributed by atoms with Crippen LogP contribution in [0.25, 0.3) is 28.0 Å². The second-order valence-electron chi connectivity index (χ2n) is 5.77. The molecule has 0 saturated carbocycles. The van der Waals surface area contributed by atoms with E-state index in [1.54, 1.807) is 17.6 Å². The molecule has 0 saturated heterocycles. The minimum atomic E-state index is -0.415. The van der Waals surface area contributed by atoms with Crippen LogP contribution in [0, 0.1) is 0 Å². The summed E-state index contributed by atoms with van der Waals surface area (Å²) in [6, 6.07) is 21.3. The summed E-state index contributed by atoms with van der Waals surface area (Å²) in [7, 11) is 0. The van der Waals surface area contributed by atoms with Gasteiger partial charge in [-0.25, -0.2) is 14.3 Å². The topological polar surface area (TPSA) is 56.5 Å². The Labute approximate surface area is 150 Å². The molecule has 0 radical (unpaired) electrons. The summed E-state index contributed by atoms with van der Waals surface area (Å²) in [5.41, 5.74) is 4.29. The van der Waals surface area contributed by atoms with Crippen LogP contribution in [0.4, 0.5) is 0 Å². The van der Waals surface area contributed by atoms with Gasteiger partial charge in [-0.15, -0.1) is 0 Å². The molecule has 0 aliphatic heterocycles. The molecule has 2 aromatic carbocycles. The molecule has 0 spiro atoms. The molecule has 128 valence electrons. The van der Waals surface area contributed by atoms with E-state index in [2.05, 4.69) is 10.1 Å². The van der Waals surface area contributed by atoms with Gasteiger partial charge >= 0.3 is 5.97 Å². The van der Waals surface area contributed by atoms with Gasteiger partial charge in [0.25, 0.3) is 0 Å². The molecule has 0 N–H and O–H groups in total. The predicted molar refractivity (Wildman–Crippen MR) is 99.8 cm³/mol. The van der Waals surface area contributed by atoms with Gasteiger partial charge in [0.05, 0.1) is 12.3 Å². The van der Waals surface area contributed by atoms with Gasteiger partial charge in [0.1, 0.15) is 0 Å². The number of benzene rings is 2. The molecule has 0 unspecified atom stereocenters. The Morgan fingerprint density at radius 3 is 2.31 bits per heavy atom. The van der Waals surface area contributed by atoms with Crippen molar-refractivity contribution >= 4 is 11.6 Å². The zero-order valence-electron chi connectivity index (χ0n) is 14.3. The number of fused-ring (bicyclic) bond motifs is 1. The molecular weight excluding hydrogens is 326 g/mol. The molecule has 0 atom stereocenters. The van der Waals surface area contributed by atoms with Crippen molar-refractivity contribution in [3.05, 3.63) is 78.6 Å². The number of rotatable bonds is 4. The number of esters is 1. The average molecular weight is 343 g/mol. The van der Waals surface area contributed by atoms with Gasteiger partial charge in [0.2, 0.25) is 0 Å². The van der Waals surface area contributed by atoms with Gasteiger partial charge < -0.3 is 4.74 Å². The summed E-state index contributed by atoms with van der Waals surface area (Å²) in [4.78, 5) is 17.2. The zero-order chi connectivity index (χ0) is 17.9. The summed E-state index contributed by atoms with van der Waals surface area (Å²) in [5.74, 6) is -0.415. The Kier molecular flexibility index (Phi) is 4.19. The molecule has 2 heterocycles. The van der Waals surface area contributed by atoms with Gasteiger partial charge in [-0.3, -0.25) is 0 Å². The van der Waals surface area contributed by atoms with Crippen molar-refractivity contribution in [2.75, 3.05) is 6.61 Å². The lowest BCUT2D eigenvalue weighted by molar-refractivity contribution is 0.0517. The van der Waals surface area contributed by atoms with E-state index in [-0.39, 0.29) is 0 Å². The van der Waals surface area contributed by atoms with Crippen LogP contribution in [0.5, 0.6) is 0 Å². The van der Waals surface area contributed by atoms with E-state index >= 15 is 0 Å². The Morgan fingerprint density at radius 1 is 1.00 bits per heavy atom. The first-order valence-corrected chi connectivity index (χ1v) is 8.44. The zero-order valence-corrected chi connectivity index (χ0v) is 14.3. The van der Waals surface area contributed by atoms with E-state index in [0.717, 1.165) is 16.8 Å². The first-order chi connectivity index (χ1) is 12.8. The SMILES string of the molecule is CCOC(=O)c1c(-c2ccccc2)cnc2cc(-c3ccccc3)nn12. The van der Waals surface area contributed by atoms with Crippen LogP contribution >= 0.6 is 0 Å². The summed E-state index contributed by atoms with van der Waals surface area (Å²) in [5, 5.41) is 4.63. The molecular formula is C21H17N3O2. The Hall–Kier alpha value is -3.47. The highest BCUT2D eigenvalue weighted by Crippen LogP contribution is 2.26. The molecule has 2 aromatic heterocycles. The van der Waals surface area contributed by atoms with Crippen molar-refractivity contribution in [2.24, 2.45) is 0 Å². The number of aromatic nitrogens is 3. The van der Waals surface area contributed by atoms with E-state index in [4.69, 9.17) is 4.74 Å². The van der Waals surface area contributed by atoms with Gasteiger partial charge in [0, 0.05) is 23.4 Å². The highest BCUT2D eigenvalue weighted by molar-refractivity contribution is 5.96. The monoisotopic (exact) mass is 343 g/mol. The van der Waals surface area contributed by atoms with Crippen molar-refractivity contribution in [3.8, 4) is 22.4 Å². The molecule has 0 aliphatic carbocycles. The standard InChI is InChI=1S/C21H17N3O2/c1-2-26-21(25)20-17(15-9-5-3-6-10-15)14-22-19-13-18(23-24(19)20)16-11-7-4-8-12-16/h3-14H,2H2,1H3. The second-order valence-corrected chi connectivity index (χ2v) is 5.77. The van der Waals surface area contributed by atoms with Crippen molar-refractivity contribution in [1.82, 2.24) is 14.6 Å². The Balaban J connectivity index is 1.95. The van der Waals surface area contributed by atoms with Crippen LogP contribution in [0.2, 0.25) is 0 Å². The summed E-state index contributed by atoms with van der Waals surface area (Å²) in [6.07, 6.45) is 1.70. The molecule has 0 aliphatic rings. The van der Waals surface area contributed by atoms with Crippen LogP contribution in [0.15, 0.2) is 72.9 Å². The fourth-order valence-electron chi connectivity index (χ4n) is 2.91. The van der Waals surface area contributed by atoms with Crippen LogP contribution in [0.3, 0.4) is 0 Å². The lowest BCUT2D eigenvalue weighted by atomic mass is 10.1. The molecule has 0 amide bonds. The molecule has 5 nitrogen and oxygen atoms in total. The van der Waals surface area contributed by atoms with Crippen LogP contribution in [0.1, 0.15) is 17.4 Å². The average Bonchev–Trinajstić information content (AvgIpc) is 3.13. The maximum Gasteiger partial charge on any atom is 0.357 e. The smallest absolute Gasteiger partial charge is 0.357 e. The van der Waals surface area contributed by atoms with Crippen molar-refractivity contribution in [3.63, 3.8) is 0 Å². The van der Waals surface area contributed by atoms with Crippen LogP contribution in [-0.2, 0) is 4.74 Å². The normalized spacial score (nSPS) is 10.8. The first kappa shape index (κ1) is 16.0. The minimum absolute atomic E-state index is 0.295. The fourth-order valence-corrected chi connectivity index (χ4v) is 2.91. The van der Waals surface area contributed by atoms with Gasteiger partial charge in [0.15, 0.2) is 11.3 Å². The van der Waals surface area contributed by atoms with Crippen molar-refractivity contribution < 1.29 is 9.53 Å². The third-order valence-electron chi connectivity index (χ3n) is 4.11. The highest BCUT2D eigenvalue weighted by Gasteiger charge is 2.21. The number of ether oxygens (including phenoxy) is 1. The van der Waals surface area contributed by atoms with Gasteiger partial charge in [-0.05, 0) is 12.5 Å². The number of nitrogens with zero attached hydrogens (tertiary/aromatic N) is 3. The van der Waals surface area contributed by atoms with E-state index in [9.17, 15) is 4.79 Å². The molecule has 0 bridgehead atoms. The van der Waals surface area contributed by atoms with Gasteiger partial charge in [-0.2, -0.15) is 5.10 Å². The van der Waals surface area contributed by atoms with Crippen molar-refractivity contribution in [1.29, 1.82) is 0 Å². The fraction of sp³-hybridized carbons (Fsp3) is 0.0952. The molecule has 4 aromatic rings. The summed E-state index contributed by atoms with van der Waals surface area (Å²) < 4.78 is 6.86. The second kappa shape index (κ2) is 6.80. The quantitative estimate of drug-likeness (QED) is 0.520. The number of hydrogen-bond acceptors (Lipinski definition) is 4. The summed E-state index contributed by atoms with van der Waals surface area (Å²) in [6.45, 7) is 2.08. The molecule has 0 fully saturated rings. The maximum absolute atomic E-state index is 12.7. The Bertz CT molecular complexity index is 1060. The first-order valence-electron chi connectivity index (χ1n) is 8.44. The maximum atomic E-state index is 12.7. The number of hydrogen-bond donors (Lipinski definition) is 0. The summed E-state index contributed by atoms with van der Waals surface area (Å²) >= 11 is 0. The minimum Gasteiger partial charge on any atom is -0.461 e. The Morgan fingerprint density at radius 2 is 1.65 bits per heavy atom. The van der Waals surface area contributed by atoms with E-state index in [1.807, 2.05) is 66.7 Å². The number of carbonyl (C=O) groups is 1. The van der Waals surface area contributed by atoms with Crippen LogP contribution in [-0.4, -0.2) is 27.2 Å². The van der Waals surface area contributed by atoms with E-state index < -0.39 is 5.97 Å². The van der Waals surface area contributed by atoms with E-state index in [1.165, 1.54) is 0 Å².